The molecule has 1 saturated carbocycles. The molecule has 4 amide bonds. The average molecular weight is 806 g/mol. The fourth-order valence-electron chi connectivity index (χ4n) is 8.11. The molecule has 3 fully saturated rings. The van der Waals surface area contributed by atoms with Crippen molar-refractivity contribution in [1.29, 1.82) is 0 Å². The Kier molecular flexibility index (Phi) is 11.8. The molecule has 1 aromatic heterocycles. The Hall–Kier alpha value is -6.18. The summed E-state index contributed by atoms with van der Waals surface area (Å²) in [5.41, 5.74) is 0.227. The van der Waals surface area contributed by atoms with E-state index in [0.717, 1.165) is 5.56 Å². The molecule has 3 N–H and O–H groups in total. The number of ether oxygens (including phenoxy) is 3. The van der Waals surface area contributed by atoms with Crippen LogP contribution in [0.5, 0.6) is 11.5 Å². The van der Waals surface area contributed by atoms with Gasteiger partial charge in [0, 0.05) is 48.2 Å². The summed E-state index contributed by atoms with van der Waals surface area (Å²) in [5.74, 6) is -1.87. The maximum Gasteiger partial charge on any atom is 0.408 e. The van der Waals surface area contributed by atoms with E-state index in [1.165, 1.54) is 4.90 Å². The van der Waals surface area contributed by atoms with E-state index in [0.29, 0.717) is 59.5 Å². The molecule has 0 radical (unpaired) electrons. The first kappa shape index (κ1) is 41.0. The summed E-state index contributed by atoms with van der Waals surface area (Å²) >= 11 is 0. The van der Waals surface area contributed by atoms with E-state index in [1.807, 2.05) is 54.6 Å². The van der Waals surface area contributed by atoms with Gasteiger partial charge in [0.05, 0.1) is 24.9 Å². The first-order valence-corrected chi connectivity index (χ1v) is 20.2. The minimum Gasteiger partial charge on any atom is -0.497 e. The zero-order valence-corrected chi connectivity index (χ0v) is 33.8. The van der Waals surface area contributed by atoms with Crippen molar-refractivity contribution < 1.29 is 43.3 Å². The van der Waals surface area contributed by atoms with E-state index < -0.39 is 59.1 Å². The highest BCUT2D eigenvalue weighted by molar-refractivity contribution is 5.96. The van der Waals surface area contributed by atoms with Crippen LogP contribution in [-0.2, 0) is 19.1 Å². The zero-order chi connectivity index (χ0) is 41.9. The summed E-state index contributed by atoms with van der Waals surface area (Å²) < 4.78 is 17.7. The second kappa shape index (κ2) is 17.0. The number of nitrogens with one attached hydrogen (secondary N) is 2. The summed E-state index contributed by atoms with van der Waals surface area (Å²) in [7, 11) is 1.58. The molecule has 5 atom stereocenters. The minimum absolute atomic E-state index is 0.0209. The summed E-state index contributed by atoms with van der Waals surface area (Å²) in [5, 5.41) is 16.8. The van der Waals surface area contributed by atoms with E-state index in [1.54, 1.807) is 63.1 Å². The third kappa shape index (κ3) is 9.27. The van der Waals surface area contributed by atoms with Gasteiger partial charge in [0.2, 0.25) is 11.8 Å². The second-order valence-corrected chi connectivity index (χ2v) is 16.5. The molecular weight excluding hydrogens is 755 g/mol. The van der Waals surface area contributed by atoms with Gasteiger partial charge in [-0.2, -0.15) is 0 Å². The first-order valence-electron chi connectivity index (χ1n) is 20.2. The summed E-state index contributed by atoms with van der Waals surface area (Å²) in [6.45, 7) is 5.77. The van der Waals surface area contributed by atoms with Crippen molar-refractivity contribution in [3.8, 4) is 22.8 Å². The number of carbonyl (C=O) groups excluding carboxylic acids is 4. The lowest BCUT2D eigenvalue weighted by Crippen LogP contribution is -2.56. The lowest BCUT2D eigenvalue weighted by Gasteiger charge is -2.30. The van der Waals surface area contributed by atoms with Crippen LogP contribution >= 0.6 is 0 Å². The third-order valence-corrected chi connectivity index (χ3v) is 11.2. The van der Waals surface area contributed by atoms with Gasteiger partial charge in [-0.1, -0.05) is 48.5 Å². The van der Waals surface area contributed by atoms with Crippen molar-refractivity contribution in [3.63, 3.8) is 0 Å². The quantitative estimate of drug-likeness (QED) is 0.206. The van der Waals surface area contributed by atoms with Crippen LogP contribution < -0.4 is 20.1 Å². The number of carboxylic acids is 1. The molecule has 14 heteroatoms. The smallest absolute Gasteiger partial charge is 0.408 e. The molecule has 14 nitrogen and oxygen atoms in total. The molecule has 59 heavy (non-hydrogen) atoms. The van der Waals surface area contributed by atoms with Crippen molar-refractivity contribution >= 4 is 40.7 Å². The Balaban J connectivity index is 1.21. The predicted molar refractivity (Wildman–Crippen MR) is 219 cm³/mol. The van der Waals surface area contributed by atoms with Crippen LogP contribution in [0, 0.1) is 5.92 Å². The number of alkyl carbamates (subject to hydrolysis) is 1. The van der Waals surface area contributed by atoms with Crippen LogP contribution in [0.1, 0.15) is 69.7 Å². The molecule has 0 bridgehead atoms. The first-order chi connectivity index (χ1) is 28.2. The normalized spacial score (nSPS) is 23.8. The van der Waals surface area contributed by atoms with Gasteiger partial charge < -0.3 is 39.8 Å². The van der Waals surface area contributed by atoms with E-state index in [9.17, 15) is 29.1 Å². The van der Waals surface area contributed by atoms with E-state index >= 15 is 0 Å². The van der Waals surface area contributed by atoms with Gasteiger partial charge in [0.1, 0.15) is 40.8 Å². The number of aromatic nitrogens is 1. The lowest BCUT2D eigenvalue weighted by atomic mass is 10.1. The highest BCUT2D eigenvalue weighted by atomic mass is 16.6. The number of methoxy groups -OCH3 is 1. The van der Waals surface area contributed by atoms with Crippen LogP contribution in [-0.4, -0.2) is 106 Å². The number of hydrogen-bond donors (Lipinski definition) is 3. The molecule has 4 aromatic rings. The van der Waals surface area contributed by atoms with Gasteiger partial charge in [-0.15, -0.1) is 0 Å². The molecule has 2 aliphatic heterocycles. The van der Waals surface area contributed by atoms with Gasteiger partial charge in [-0.3, -0.25) is 14.4 Å². The van der Waals surface area contributed by atoms with Crippen LogP contribution in [0.3, 0.4) is 0 Å². The molecule has 7 rings (SSSR count). The SMILES string of the molecule is COc1ccc2c(O[C@@H]3C[C@H]4C(=O)N[C@]5(C(=O)O)CC5CCN(C(=O)c5ccccc5)CCCC[C@H](NC(=O)OC(C)(C)C)C(=O)N4C3)cc(-c3ccccc3)nc2c1. The van der Waals surface area contributed by atoms with Gasteiger partial charge in [-0.25, -0.2) is 14.6 Å². The van der Waals surface area contributed by atoms with Crippen LogP contribution in [0.4, 0.5) is 4.79 Å². The lowest BCUT2D eigenvalue weighted by molar-refractivity contribution is -0.146. The van der Waals surface area contributed by atoms with Gasteiger partial charge in [0.25, 0.3) is 5.91 Å². The zero-order valence-electron chi connectivity index (χ0n) is 33.8. The molecule has 3 aliphatic rings. The van der Waals surface area contributed by atoms with Crippen molar-refractivity contribution in [2.45, 2.75) is 88.6 Å². The maximum absolute atomic E-state index is 14.7. The Morgan fingerprint density at radius 3 is 2.36 bits per heavy atom. The standard InChI is InChI=1S/C45H51N5O9/c1-44(2,3)59-43(56)47-34-17-11-12-21-49(40(52)29-15-9-6-10-16-29)22-20-30-26-45(30,42(54)55)48-39(51)37-24-32(27-50(37)41(34)53)58-38-25-35(28-13-7-5-8-14-28)46-36-23-31(57-4)18-19-33(36)38/h5-10,13-16,18-19,23,25,30,32,34,37H,11-12,17,20-22,24,26-27H2,1-4H3,(H,47,56)(H,48,51)(H,54,55)/t30?,32-,34+,37+,45-/m1/s1. The topological polar surface area (TPSA) is 177 Å². The van der Waals surface area contributed by atoms with E-state index in [-0.39, 0.29) is 38.3 Å². The molecule has 3 heterocycles. The summed E-state index contributed by atoms with van der Waals surface area (Å²) in [6, 6.07) is 23.5. The van der Waals surface area contributed by atoms with Crippen molar-refractivity contribution in [2.24, 2.45) is 5.92 Å². The number of nitrogens with zero attached hydrogens (tertiary/aromatic N) is 3. The number of aliphatic carboxylic acids is 1. The van der Waals surface area contributed by atoms with Crippen LogP contribution in [0.25, 0.3) is 22.2 Å². The number of carboxylic acid groups (broad SMARTS) is 1. The van der Waals surface area contributed by atoms with Gasteiger partial charge >= 0.3 is 12.1 Å². The Labute approximate surface area is 343 Å². The molecular formula is C45H51N5O9. The monoisotopic (exact) mass is 805 g/mol. The predicted octanol–water partition coefficient (Wildman–Crippen LogP) is 5.83. The molecule has 0 spiro atoms. The van der Waals surface area contributed by atoms with Crippen molar-refractivity contribution in [2.75, 3.05) is 26.7 Å². The van der Waals surface area contributed by atoms with E-state index in [2.05, 4.69) is 10.6 Å². The fourth-order valence-corrected chi connectivity index (χ4v) is 8.11. The highest BCUT2D eigenvalue weighted by Gasteiger charge is 2.62. The fraction of sp³-hybridized carbons (Fsp3) is 0.422. The summed E-state index contributed by atoms with van der Waals surface area (Å²) in [4.78, 5) is 76.8. The molecule has 310 valence electrons. The number of fused-ring (bicyclic) bond motifs is 3. The van der Waals surface area contributed by atoms with Crippen molar-refractivity contribution in [1.82, 2.24) is 25.4 Å². The summed E-state index contributed by atoms with van der Waals surface area (Å²) in [6.07, 6.45) is 0.255. The second-order valence-electron chi connectivity index (χ2n) is 16.5. The van der Waals surface area contributed by atoms with Gasteiger partial charge in [0.15, 0.2) is 0 Å². The number of amides is 4. The average Bonchev–Trinajstić information content (AvgIpc) is 3.76. The van der Waals surface area contributed by atoms with E-state index in [4.69, 9.17) is 19.2 Å². The number of carbonyl (C=O) groups is 5. The molecule has 1 aliphatic carbocycles. The maximum atomic E-state index is 14.7. The van der Waals surface area contributed by atoms with Crippen LogP contribution in [0.15, 0.2) is 84.9 Å². The Bertz CT molecular complexity index is 2210. The Morgan fingerprint density at radius 1 is 0.932 bits per heavy atom. The molecule has 1 unspecified atom stereocenters. The molecule has 3 aromatic carbocycles. The number of benzene rings is 3. The number of hydrogen-bond acceptors (Lipinski definition) is 9. The number of rotatable bonds is 7. The minimum atomic E-state index is -1.56. The van der Waals surface area contributed by atoms with Crippen molar-refractivity contribution in [3.05, 3.63) is 90.5 Å². The molecule has 2 saturated heterocycles. The highest BCUT2D eigenvalue weighted by Crippen LogP contribution is 2.47. The van der Waals surface area contributed by atoms with Crippen LogP contribution in [0.2, 0.25) is 0 Å². The largest absolute Gasteiger partial charge is 0.497 e. The third-order valence-electron chi connectivity index (χ3n) is 11.2. The number of pyridine rings is 1. The Morgan fingerprint density at radius 2 is 1.66 bits per heavy atom. The van der Waals surface area contributed by atoms with Gasteiger partial charge in [-0.05, 0) is 83.1 Å².